The number of rotatable bonds is 4. The molecule has 134 valence electrons. The standard InChI is InChI=1S/C18H25N5O2/c1-5-25-17(24)15-11-19-18(23-14(4)10-12(2)21-23)20-16(15)22-9-7-6-8-13(22)3/h10-11,13H,5-9H2,1-4H3/t13-/m0/s1. The van der Waals surface area contributed by atoms with Crippen LogP contribution in [0.15, 0.2) is 12.3 Å². The summed E-state index contributed by atoms with van der Waals surface area (Å²) in [5.74, 6) is 0.741. The molecule has 0 N–H and O–H groups in total. The number of aromatic nitrogens is 4. The van der Waals surface area contributed by atoms with Crippen molar-refractivity contribution in [3.63, 3.8) is 0 Å². The van der Waals surface area contributed by atoms with Gasteiger partial charge in [-0.3, -0.25) is 0 Å². The summed E-state index contributed by atoms with van der Waals surface area (Å²) < 4.78 is 6.91. The second kappa shape index (κ2) is 7.21. The van der Waals surface area contributed by atoms with Crippen LogP contribution in [-0.4, -0.2) is 44.9 Å². The van der Waals surface area contributed by atoms with E-state index >= 15 is 0 Å². The highest BCUT2D eigenvalue weighted by Crippen LogP contribution is 2.27. The molecule has 0 spiro atoms. The zero-order valence-corrected chi connectivity index (χ0v) is 15.3. The van der Waals surface area contributed by atoms with E-state index in [4.69, 9.17) is 9.72 Å². The maximum atomic E-state index is 12.4. The Morgan fingerprint density at radius 3 is 2.80 bits per heavy atom. The molecule has 0 saturated carbocycles. The molecule has 3 rings (SSSR count). The molecule has 2 aromatic rings. The number of esters is 1. The Hall–Kier alpha value is -2.44. The Morgan fingerprint density at radius 2 is 2.16 bits per heavy atom. The van der Waals surface area contributed by atoms with Gasteiger partial charge in [0.15, 0.2) is 0 Å². The van der Waals surface area contributed by atoms with Gasteiger partial charge in [-0.1, -0.05) is 0 Å². The topological polar surface area (TPSA) is 73.1 Å². The van der Waals surface area contributed by atoms with Crippen LogP contribution in [-0.2, 0) is 4.74 Å². The van der Waals surface area contributed by atoms with E-state index in [0.717, 1.165) is 30.8 Å². The van der Waals surface area contributed by atoms with E-state index in [1.807, 2.05) is 19.9 Å². The first kappa shape index (κ1) is 17.4. The predicted molar refractivity (Wildman–Crippen MR) is 95.2 cm³/mol. The molecule has 1 saturated heterocycles. The number of hydrogen-bond donors (Lipinski definition) is 0. The van der Waals surface area contributed by atoms with Gasteiger partial charge in [0.1, 0.15) is 11.4 Å². The molecule has 3 heterocycles. The fraction of sp³-hybridized carbons (Fsp3) is 0.556. The van der Waals surface area contributed by atoms with Crippen molar-refractivity contribution in [3.8, 4) is 5.95 Å². The maximum Gasteiger partial charge on any atom is 0.343 e. The van der Waals surface area contributed by atoms with Crippen LogP contribution in [0.4, 0.5) is 5.82 Å². The fourth-order valence-corrected chi connectivity index (χ4v) is 3.28. The van der Waals surface area contributed by atoms with Gasteiger partial charge >= 0.3 is 5.97 Å². The minimum absolute atomic E-state index is 0.324. The summed E-state index contributed by atoms with van der Waals surface area (Å²) in [5.41, 5.74) is 2.28. The Balaban J connectivity index is 2.08. The first-order valence-corrected chi connectivity index (χ1v) is 8.85. The van der Waals surface area contributed by atoms with Crippen LogP contribution >= 0.6 is 0 Å². The third-order valence-corrected chi connectivity index (χ3v) is 4.53. The quantitative estimate of drug-likeness (QED) is 0.795. The average molecular weight is 343 g/mol. The van der Waals surface area contributed by atoms with Crippen molar-refractivity contribution in [1.82, 2.24) is 19.7 Å². The zero-order valence-electron chi connectivity index (χ0n) is 15.3. The molecule has 0 bridgehead atoms. The molecule has 7 heteroatoms. The summed E-state index contributed by atoms with van der Waals surface area (Å²) in [4.78, 5) is 23.6. The van der Waals surface area contributed by atoms with Gasteiger partial charge in [-0.2, -0.15) is 10.1 Å². The van der Waals surface area contributed by atoms with Crippen LogP contribution in [0.3, 0.4) is 0 Å². The molecule has 1 atom stereocenters. The van der Waals surface area contributed by atoms with Gasteiger partial charge < -0.3 is 9.64 Å². The maximum absolute atomic E-state index is 12.4. The second-order valence-electron chi connectivity index (χ2n) is 6.50. The lowest BCUT2D eigenvalue weighted by atomic mass is 10.0. The summed E-state index contributed by atoms with van der Waals surface area (Å²) in [6.45, 7) is 9.06. The first-order chi connectivity index (χ1) is 12.0. The monoisotopic (exact) mass is 343 g/mol. The van der Waals surface area contributed by atoms with Crippen LogP contribution in [0.25, 0.3) is 5.95 Å². The van der Waals surface area contributed by atoms with Crippen molar-refractivity contribution in [3.05, 3.63) is 29.2 Å². The molecule has 0 radical (unpaired) electrons. The third-order valence-electron chi connectivity index (χ3n) is 4.53. The average Bonchev–Trinajstić information content (AvgIpc) is 2.93. The highest BCUT2D eigenvalue weighted by molar-refractivity contribution is 5.94. The minimum atomic E-state index is -0.379. The highest BCUT2D eigenvalue weighted by atomic mass is 16.5. The summed E-state index contributed by atoms with van der Waals surface area (Å²) >= 11 is 0. The number of ether oxygens (including phenoxy) is 1. The lowest BCUT2D eigenvalue weighted by Gasteiger charge is -2.35. The predicted octanol–water partition coefficient (Wildman–Crippen LogP) is 2.83. The largest absolute Gasteiger partial charge is 0.462 e. The summed E-state index contributed by atoms with van der Waals surface area (Å²) in [6, 6.07) is 2.30. The molecule has 0 amide bonds. The molecule has 0 aromatic carbocycles. The van der Waals surface area contributed by atoms with Crippen molar-refractivity contribution < 1.29 is 9.53 Å². The molecular formula is C18H25N5O2. The molecule has 25 heavy (non-hydrogen) atoms. The van der Waals surface area contributed by atoms with Gasteiger partial charge in [-0.05, 0) is 53.0 Å². The first-order valence-electron chi connectivity index (χ1n) is 8.85. The van der Waals surface area contributed by atoms with E-state index in [-0.39, 0.29) is 5.97 Å². The van der Waals surface area contributed by atoms with Crippen molar-refractivity contribution >= 4 is 11.8 Å². The van der Waals surface area contributed by atoms with Gasteiger partial charge in [0, 0.05) is 24.5 Å². The van der Waals surface area contributed by atoms with E-state index in [1.54, 1.807) is 17.8 Å². The molecule has 0 unspecified atom stereocenters. The molecular weight excluding hydrogens is 318 g/mol. The number of nitrogens with zero attached hydrogens (tertiary/aromatic N) is 5. The summed E-state index contributed by atoms with van der Waals surface area (Å²) in [6.07, 6.45) is 4.93. The number of aryl methyl sites for hydroxylation is 2. The SMILES string of the molecule is CCOC(=O)c1cnc(-n2nc(C)cc2C)nc1N1CCCC[C@@H]1C. The Morgan fingerprint density at radius 1 is 1.36 bits per heavy atom. The van der Waals surface area contributed by atoms with Crippen LogP contribution < -0.4 is 4.90 Å². The highest BCUT2D eigenvalue weighted by Gasteiger charge is 2.26. The van der Waals surface area contributed by atoms with Crippen molar-refractivity contribution in [1.29, 1.82) is 0 Å². The fourth-order valence-electron chi connectivity index (χ4n) is 3.28. The van der Waals surface area contributed by atoms with Crippen molar-refractivity contribution in [2.24, 2.45) is 0 Å². The summed E-state index contributed by atoms with van der Waals surface area (Å²) in [7, 11) is 0. The normalized spacial score (nSPS) is 17.6. The van der Waals surface area contributed by atoms with E-state index < -0.39 is 0 Å². The van der Waals surface area contributed by atoms with E-state index in [1.165, 1.54) is 6.42 Å². The number of carbonyl (C=O) groups excluding carboxylic acids is 1. The number of carbonyl (C=O) groups is 1. The molecule has 2 aromatic heterocycles. The van der Waals surface area contributed by atoms with Gasteiger partial charge in [0.25, 0.3) is 5.95 Å². The van der Waals surface area contributed by atoms with Gasteiger partial charge in [0.05, 0.1) is 12.3 Å². The molecule has 1 aliphatic heterocycles. The van der Waals surface area contributed by atoms with Crippen LogP contribution in [0, 0.1) is 13.8 Å². The smallest absolute Gasteiger partial charge is 0.343 e. The summed E-state index contributed by atoms with van der Waals surface area (Å²) in [5, 5.41) is 4.45. The van der Waals surface area contributed by atoms with Crippen LogP contribution in [0.5, 0.6) is 0 Å². The van der Waals surface area contributed by atoms with Crippen LogP contribution in [0.2, 0.25) is 0 Å². The Kier molecular flexibility index (Phi) is 5.01. The second-order valence-corrected chi connectivity index (χ2v) is 6.50. The zero-order chi connectivity index (χ0) is 18.0. The molecule has 1 fully saturated rings. The lowest BCUT2D eigenvalue weighted by Crippen LogP contribution is -2.39. The number of anilines is 1. The Labute approximate surface area is 148 Å². The van der Waals surface area contributed by atoms with Crippen molar-refractivity contribution in [2.45, 2.75) is 53.0 Å². The Bertz CT molecular complexity index is 771. The van der Waals surface area contributed by atoms with E-state index in [0.29, 0.717) is 30.0 Å². The van der Waals surface area contributed by atoms with Gasteiger partial charge in [-0.15, -0.1) is 0 Å². The number of hydrogen-bond acceptors (Lipinski definition) is 6. The van der Waals surface area contributed by atoms with E-state index in [9.17, 15) is 4.79 Å². The minimum Gasteiger partial charge on any atom is -0.462 e. The molecule has 1 aliphatic rings. The van der Waals surface area contributed by atoms with E-state index in [2.05, 4.69) is 21.9 Å². The molecule has 0 aliphatic carbocycles. The third kappa shape index (κ3) is 3.50. The molecule has 7 nitrogen and oxygen atoms in total. The van der Waals surface area contributed by atoms with Gasteiger partial charge in [-0.25, -0.2) is 14.5 Å². The lowest BCUT2D eigenvalue weighted by molar-refractivity contribution is 0.0526. The van der Waals surface area contributed by atoms with Gasteiger partial charge in [0.2, 0.25) is 0 Å². The van der Waals surface area contributed by atoms with Crippen LogP contribution in [0.1, 0.15) is 54.9 Å². The van der Waals surface area contributed by atoms with Crippen molar-refractivity contribution in [2.75, 3.05) is 18.1 Å². The number of piperidine rings is 1.